The van der Waals surface area contributed by atoms with Crippen molar-refractivity contribution in [3.05, 3.63) is 11.9 Å². The van der Waals surface area contributed by atoms with Crippen LogP contribution in [0.1, 0.15) is 37.2 Å². The van der Waals surface area contributed by atoms with E-state index in [1.807, 2.05) is 13.8 Å². The van der Waals surface area contributed by atoms with Gasteiger partial charge in [-0.2, -0.15) is 5.10 Å². The predicted molar refractivity (Wildman–Crippen MR) is 74.7 cm³/mol. The van der Waals surface area contributed by atoms with E-state index in [1.54, 1.807) is 15.8 Å². The highest BCUT2D eigenvalue weighted by Gasteiger charge is 2.33. The van der Waals surface area contributed by atoms with Gasteiger partial charge in [0.05, 0.1) is 11.6 Å². The monoisotopic (exact) mass is 279 g/mol. The molecule has 7 heteroatoms. The van der Waals surface area contributed by atoms with Gasteiger partial charge in [-0.25, -0.2) is 0 Å². The number of nitrogen functional groups attached to an aromatic ring is 1. The number of piperidine rings is 1. The Morgan fingerprint density at radius 3 is 2.70 bits per heavy atom. The number of amides is 2. The van der Waals surface area contributed by atoms with Crippen molar-refractivity contribution in [2.24, 2.45) is 11.7 Å². The molecular formula is C13H21N5O2. The highest BCUT2D eigenvalue weighted by molar-refractivity contribution is 5.97. The van der Waals surface area contributed by atoms with Crippen LogP contribution in [0.25, 0.3) is 0 Å². The van der Waals surface area contributed by atoms with E-state index in [0.717, 1.165) is 12.8 Å². The molecule has 1 aromatic rings. The number of carbonyl (C=O) groups is 2. The first-order valence-electron chi connectivity index (χ1n) is 6.87. The smallest absolute Gasteiger partial charge is 0.276 e. The van der Waals surface area contributed by atoms with Gasteiger partial charge in [-0.3, -0.25) is 14.3 Å². The zero-order valence-corrected chi connectivity index (χ0v) is 11.9. The lowest BCUT2D eigenvalue weighted by molar-refractivity contribution is -0.123. The van der Waals surface area contributed by atoms with Crippen molar-refractivity contribution < 1.29 is 9.59 Å². The van der Waals surface area contributed by atoms with Crippen LogP contribution in [-0.2, 0) is 11.3 Å². The average molecular weight is 279 g/mol. The number of rotatable bonds is 3. The van der Waals surface area contributed by atoms with Crippen LogP contribution >= 0.6 is 0 Å². The molecule has 4 N–H and O–H groups in total. The van der Waals surface area contributed by atoms with Gasteiger partial charge in [0.15, 0.2) is 5.69 Å². The number of aromatic nitrogens is 2. The number of nitrogens with zero attached hydrogens (tertiary/aromatic N) is 3. The van der Waals surface area contributed by atoms with Gasteiger partial charge in [0, 0.05) is 25.3 Å². The molecule has 0 aromatic carbocycles. The van der Waals surface area contributed by atoms with E-state index in [1.165, 1.54) is 0 Å². The van der Waals surface area contributed by atoms with Crippen LogP contribution in [0.15, 0.2) is 6.20 Å². The second kappa shape index (κ2) is 5.52. The number of aryl methyl sites for hydroxylation is 1. The van der Waals surface area contributed by atoms with Crippen LogP contribution < -0.4 is 11.5 Å². The number of likely N-dealkylation sites (tertiary alicyclic amines) is 1. The molecule has 2 unspecified atom stereocenters. The molecule has 1 aliphatic rings. The molecule has 7 nitrogen and oxygen atoms in total. The van der Waals surface area contributed by atoms with E-state index in [2.05, 4.69) is 5.10 Å². The Hall–Kier alpha value is -2.05. The molecule has 0 radical (unpaired) electrons. The first-order chi connectivity index (χ1) is 9.43. The fourth-order valence-electron chi connectivity index (χ4n) is 2.52. The van der Waals surface area contributed by atoms with Gasteiger partial charge in [0.1, 0.15) is 0 Å². The Labute approximate surface area is 117 Å². The molecule has 2 atom stereocenters. The summed E-state index contributed by atoms with van der Waals surface area (Å²) in [6, 6.07) is 0.0595. The van der Waals surface area contributed by atoms with Gasteiger partial charge >= 0.3 is 0 Å². The fourth-order valence-corrected chi connectivity index (χ4v) is 2.52. The third kappa shape index (κ3) is 2.61. The van der Waals surface area contributed by atoms with Crippen molar-refractivity contribution in [2.45, 2.75) is 39.3 Å². The molecule has 1 fully saturated rings. The Bertz CT molecular complexity index is 525. The largest absolute Gasteiger partial charge is 0.396 e. The first kappa shape index (κ1) is 14.4. The summed E-state index contributed by atoms with van der Waals surface area (Å²) in [6.45, 7) is 4.88. The number of primary amides is 1. The van der Waals surface area contributed by atoms with Gasteiger partial charge in [-0.1, -0.05) is 0 Å². The molecule has 1 aromatic heterocycles. The summed E-state index contributed by atoms with van der Waals surface area (Å²) in [5, 5.41) is 4.19. The van der Waals surface area contributed by atoms with E-state index in [-0.39, 0.29) is 29.5 Å². The standard InChI is InChI=1S/C13H21N5O2/c1-3-17-7-10(14)11(16-17)13(20)18-6-9(12(15)19)5-4-8(18)2/h7-9H,3-6,14H2,1-2H3,(H2,15,19). The van der Waals surface area contributed by atoms with Crippen molar-refractivity contribution in [2.75, 3.05) is 12.3 Å². The van der Waals surface area contributed by atoms with Crippen molar-refractivity contribution in [1.29, 1.82) is 0 Å². The second-order valence-electron chi connectivity index (χ2n) is 5.27. The Balaban J connectivity index is 2.21. The minimum atomic E-state index is -0.359. The lowest BCUT2D eigenvalue weighted by Crippen LogP contribution is -2.48. The third-order valence-corrected chi connectivity index (χ3v) is 3.86. The summed E-state index contributed by atoms with van der Waals surface area (Å²) in [5.41, 5.74) is 11.8. The average Bonchev–Trinajstić information content (AvgIpc) is 2.79. The molecule has 2 amide bonds. The molecular weight excluding hydrogens is 258 g/mol. The molecule has 0 saturated carbocycles. The lowest BCUT2D eigenvalue weighted by Gasteiger charge is -2.36. The lowest BCUT2D eigenvalue weighted by atomic mass is 9.92. The first-order valence-corrected chi connectivity index (χ1v) is 6.87. The quantitative estimate of drug-likeness (QED) is 0.824. The molecule has 2 rings (SSSR count). The normalized spacial score (nSPS) is 22.8. The number of hydrogen-bond donors (Lipinski definition) is 2. The summed E-state index contributed by atoms with van der Waals surface area (Å²) in [5.74, 6) is -0.875. The Morgan fingerprint density at radius 2 is 2.15 bits per heavy atom. The fraction of sp³-hybridized carbons (Fsp3) is 0.615. The minimum Gasteiger partial charge on any atom is -0.396 e. The minimum absolute atomic E-state index is 0.0595. The van der Waals surface area contributed by atoms with Crippen molar-refractivity contribution in [3.8, 4) is 0 Å². The van der Waals surface area contributed by atoms with E-state index in [4.69, 9.17) is 11.5 Å². The van der Waals surface area contributed by atoms with Crippen molar-refractivity contribution in [3.63, 3.8) is 0 Å². The van der Waals surface area contributed by atoms with Crippen LogP contribution in [0.5, 0.6) is 0 Å². The predicted octanol–water partition coefficient (Wildman–Crippen LogP) is 0.211. The molecule has 1 saturated heterocycles. The van der Waals surface area contributed by atoms with Gasteiger partial charge in [0.2, 0.25) is 5.91 Å². The van der Waals surface area contributed by atoms with Crippen LogP contribution in [0.4, 0.5) is 5.69 Å². The molecule has 1 aliphatic heterocycles. The van der Waals surface area contributed by atoms with E-state index >= 15 is 0 Å². The van der Waals surface area contributed by atoms with Crippen LogP contribution in [0.3, 0.4) is 0 Å². The summed E-state index contributed by atoms with van der Waals surface area (Å²) in [6.07, 6.45) is 3.13. The number of carbonyl (C=O) groups excluding carboxylic acids is 2. The van der Waals surface area contributed by atoms with E-state index < -0.39 is 0 Å². The summed E-state index contributed by atoms with van der Waals surface area (Å²) < 4.78 is 1.63. The highest BCUT2D eigenvalue weighted by atomic mass is 16.2. The highest BCUT2D eigenvalue weighted by Crippen LogP contribution is 2.24. The van der Waals surface area contributed by atoms with Crippen LogP contribution in [0.2, 0.25) is 0 Å². The summed E-state index contributed by atoms with van der Waals surface area (Å²) in [4.78, 5) is 25.5. The van der Waals surface area contributed by atoms with Gasteiger partial charge in [-0.05, 0) is 26.7 Å². The third-order valence-electron chi connectivity index (χ3n) is 3.86. The number of nitrogens with two attached hydrogens (primary N) is 2. The molecule has 2 heterocycles. The second-order valence-corrected chi connectivity index (χ2v) is 5.27. The maximum absolute atomic E-state index is 12.5. The molecule has 0 aliphatic carbocycles. The maximum Gasteiger partial charge on any atom is 0.276 e. The topological polar surface area (TPSA) is 107 Å². The maximum atomic E-state index is 12.5. The zero-order chi connectivity index (χ0) is 14.9. The Morgan fingerprint density at radius 1 is 1.45 bits per heavy atom. The molecule has 0 bridgehead atoms. The van der Waals surface area contributed by atoms with E-state index in [9.17, 15) is 9.59 Å². The van der Waals surface area contributed by atoms with Crippen LogP contribution in [-0.4, -0.2) is 39.1 Å². The summed E-state index contributed by atoms with van der Waals surface area (Å²) >= 11 is 0. The number of hydrogen-bond acceptors (Lipinski definition) is 4. The Kier molecular flexibility index (Phi) is 3.96. The molecule has 110 valence electrons. The summed E-state index contributed by atoms with van der Waals surface area (Å²) in [7, 11) is 0. The van der Waals surface area contributed by atoms with Crippen molar-refractivity contribution >= 4 is 17.5 Å². The van der Waals surface area contributed by atoms with Gasteiger partial charge < -0.3 is 16.4 Å². The van der Waals surface area contributed by atoms with Gasteiger partial charge in [-0.15, -0.1) is 0 Å². The van der Waals surface area contributed by atoms with Gasteiger partial charge in [0.25, 0.3) is 5.91 Å². The molecule has 20 heavy (non-hydrogen) atoms. The van der Waals surface area contributed by atoms with Crippen LogP contribution in [0, 0.1) is 5.92 Å². The molecule has 0 spiro atoms. The van der Waals surface area contributed by atoms with Crippen molar-refractivity contribution in [1.82, 2.24) is 14.7 Å². The SMILES string of the molecule is CCn1cc(N)c(C(=O)N2CC(C(N)=O)CCC2C)n1. The van der Waals surface area contributed by atoms with E-state index in [0.29, 0.717) is 18.8 Å². The number of anilines is 1. The zero-order valence-electron chi connectivity index (χ0n) is 11.9.